The van der Waals surface area contributed by atoms with Gasteiger partial charge < -0.3 is 10.1 Å². The lowest BCUT2D eigenvalue weighted by Gasteiger charge is -2.19. The molecular weight excluding hydrogens is 370 g/mol. The molecule has 0 aromatic heterocycles. The summed E-state index contributed by atoms with van der Waals surface area (Å²) in [6.45, 7) is -0.0129. The van der Waals surface area contributed by atoms with Gasteiger partial charge in [0.15, 0.2) is 12.4 Å². The fraction of sp³-hybridized carbons (Fsp3) is 0.125. The van der Waals surface area contributed by atoms with Gasteiger partial charge in [-0.15, -0.1) is 0 Å². The van der Waals surface area contributed by atoms with Gasteiger partial charge >= 0.3 is 0 Å². The molecule has 22 heavy (non-hydrogen) atoms. The highest BCUT2D eigenvalue weighted by Crippen LogP contribution is 2.35. The van der Waals surface area contributed by atoms with Crippen LogP contribution in [0.2, 0.25) is 5.02 Å². The minimum atomic E-state index is -0.556. The van der Waals surface area contributed by atoms with Crippen LogP contribution in [0.15, 0.2) is 42.5 Å². The highest BCUT2D eigenvalue weighted by atomic mass is 79.9. The van der Waals surface area contributed by atoms with E-state index in [4.69, 9.17) is 16.3 Å². The van der Waals surface area contributed by atoms with E-state index in [0.29, 0.717) is 27.6 Å². The molecule has 0 aliphatic carbocycles. The number of alkyl halides is 1. The van der Waals surface area contributed by atoms with Gasteiger partial charge in [0.2, 0.25) is 0 Å². The first-order chi connectivity index (χ1) is 10.6. The van der Waals surface area contributed by atoms with Gasteiger partial charge in [-0.25, -0.2) is 0 Å². The predicted octanol–water partition coefficient (Wildman–Crippen LogP) is 3.99. The predicted molar refractivity (Wildman–Crippen MR) is 88.0 cm³/mol. The zero-order valence-corrected chi connectivity index (χ0v) is 13.6. The molecule has 1 aliphatic rings. The van der Waals surface area contributed by atoms with Crippen molar-refractivity contribution in [2.45, 2.75) is 4.83 Å². The van der Waals surface area contributed by atoms with Crippen molar-refractivity contribution in [1.29, 1.82) is 0 Å². The molecule has 1 atom stereocenters. The van der Waals surface area contributed by atoms with Crippen LogP contribution in [-0.2, 0) is 4.79 Å². The smallest absolute Gasteiger partial charge is 0.262 e. The number of ether oxygens (including phenoxy) is 1. The molecule has 1 unspecified atom stereocenters. The van der Waals surface area contributed by atoms with Crippen molar-refractivity contribution in [1.82, 2.24) is 0 Å². The van der Waals surface area contributed by atoms with Crippen molar-refractivity contribution in [2.24, 2.45) is 0 Å². The van der Waals surface area contributed by atoms with Crippen molar-refractivity contribution in [3.8, 4) is 5.75 Å². The number of rotatable bonds is 3. The molecule has 0 fully saturated rings. The Kier molecular flexibility index (Phi) is 4.18. The molecule has 112 valence electrons. The summed E-state index contributed by atoms with van der Waals surface area (Å²) in [6, 6.07) is 12.1. The first-order valence-corrected chi connectivity index (χ1v) is 7.85. The summed E-state index contributed by atoms with van der Waals surface area (Å²) in [5.74, 6) is 0.175. The molecule has 4 nitrogen and oxygen atoms in total. The first-order valence-electron chi connectivity index (χ1n) is 6.55. The van der Waals surface area contributed by atoms with Gasteiger partial charge in [-0.05, 0) is 29.8 Å². The highest BCUT2D eigenvalue weighted by Gasteiger charge is 2.23. The van der Waals surface area contributed by atoms with Crippen molar-refractivity contribution >= 4 is 44.9 Å². The van der Waals surface area contributed by atoms with Gasteiger partial charge in [-0.2, -0.15) is 0 Å². The first kappa shape index (κ1) is 15.1. The van der Waals surface area contributed by atoms with Gasteiger partial charge in [0, 0.05) is 10.6 Å². The van der Waals surface area contributed by atoms with Crippen LogP contribution in [-0.4, -0.2) is 18.3 Å². The molecule has 1 heterocycles. The molecule has 1 amide bonds. The number of fused-ring (bicyclic) bond motifs is 1. The Hall–Kier alpha value is -1.85. The van der Waals surface area contributed by atoms with Crippen LogP contribution in [0.3, 0.4) is 0 Å². The Morgan fingerprint density at radius 1 is 1.27 bits per heavy atom. The van der Waals surface area contributed by atoms with Crippen LogP contribution in [0.25, 0.3) is 0 Å². The molecule has 0 saturated heterocycles. The Labute approximate surface area is 140 Å². The van der Waals surface area contributed by atoms with E-state index in [0.717, 1.165) is 0 Å². The normalized spacial score (nSPS) is 14.5. The standard InChI is InChI=1S/C16H11BrClNO3/c17-15(10-3-1-2-4-11(10)18)16(21)9-5-6-13-12(7-9)19-14(20)8-22-13/h1-7,15H,8H2,(H,19,20). The number of ketones is 1. The second-order valence-electron chi connectivity index (χ2n) is 4.80. The van der Waals surface area contributed by atoms with Crippen LogP contribution in [0.1, 0.15) is 20.7 Å². The van der Waals surface area contributed by atoms with E-state index < -0.39 is 4.83 Å². The summed E-state index contributed by atoms with van der Waals surface area (Å²) >= 11 is 9.52. The maximum atomic E-state index is 12.6. The number of carbonyl (C=O) groups excluding carboxylic acids is 2. The number of Topliss-reactive ketones (excluding diaryl/α,β-unsaturated/α-hetero) is 1. The summed E-state index contributed by atoms with van der Waals surface area (Å²) < 4.78 is 5.28. The summed E-state index contributed by atoms with van der Waals surface area (Å²) in [6.07, 6.45) is 0. The number of anilines is 1. The van der Waals surface area contributed by atoms with Gasteiger partial charge in [-0.1, -0.05) is 45.7 Å². The Morgan fingerprint density at radius 3 is 2.82 bits per heavy atom. The second kappa shape index (κ2) is 6.10. The Balaban J connectivity index is 1.91. The average molecular weight is 381 g/mol. The summed E-state index contributed by atoms with van der Waals surface area (Å²) in [4.78, 5) is 23.4. The molecule has 1 N–H and O–H groups in total. The molecular formula is C16H11BrClNO3. The molecule has 2 aromatic rings. The summed E-state index contributed by atoms with van der Waals surface area (Å²) in [7, 11) is 0. The quantitative estimate of drug-likeness (QED) is 0.647. The minimum absolute atomic E-state index is 0.0129. The Morgan fingerprint density at radius 2 is 2.05 bits per heavy atom. The molecule has 0 saturated carbocycles. The minimum Gasteiger partial charge on any atom is -0.482 e. The SMILES string of the molecule is O=C1COc2ccc(C(=O)C(Br)c3ccccc3Cl)cc2N1. The highest BCUT2D eigenvalue weighted by molar-refractivity contribution is 9.09. The number of hydrogen-bond acceptors (Lipinski definition) is 3. The Bertz CT molecular complexity index is 763. The van der Waals surface area contributed by atoms with Crippen LogP contribution in [0.5, 0.6) is 5.75 Å². The van der Waals surface area contributed by atoms with Gasteiger partial charge in [0.05, 0.1) is 5.69 Å². The number of hydrogen-bond donors (Lipinski definition) is 1. The van der Waals surface area contributed by atoms with Crippen molar-refractivity contribution < 1.29 is 14.3 Å². The van der Waals surface area contributed by atoms with Crippen molar-refractivity contribution in [3.05, 3.63) is 58.6 Å². The van der Waals surface area contributed by atoms with Crippen molar-refractivity contribution in [3.63, 3.8) is 0 Å². The number of carbonyl (C=O) groups is 2. The zero-order chi connectivity index (χ0) is 15.7. The maximum absolute atomic E-state index is 12.6. The average Bonchev–Trinajstić information content (AvgIpc) is 2.53. The number of halogens is 2. The number of nitrogens with one attached hydrogen (secondary N) is 1. The van der Waals surface area contributed by atoms with E-state index >= 15 is 0 Å². The molecule has 0 spiro atoms. The third kappa shape index (κ3) is 2.87. The van der Waals surface area contributed by atoms with E-state index in [9.17, 15) is 9.59 Å². The fourth-order valence-electron chi connectivity index (χ4n) is 2.20. The topological polar surface area (TPSA) is 55.4 Å². The monoisotopic (exact) mass is 379 g/mol. The second-order valence-corrected chi connectivity index (χ2v) is 6.12. The lowest BCUT2D eigenvalue weighted by atomic mass is 10.0. The molecule has 0 radical (unpaired) electrons. The number of benzene rings is 2. The third-order valence-corrected chi connectivity index (χ3v) is 4.56. The van der Waals surface area contributed by atoms with E-state index in [2.05, 4.69) is 21.2 Å². The van der Waals surface area contributed by atoms with Crippen LogP contribution in [0.4, 0.5) is 5.69 Å². The van der Waals surface area contributed by atoms with E-state index in [-0.39, 0.29) is 18.3 Å². The van der Waals surface area contributed by atoms with E-state index in [1.807, 2.05) is 12.1 Å². The van der Waals surface area contributed by atoms with Crippen LogP contribution < -0.4 is 10.1 Å². The molecule has 0 bridgehead atoms. The van der Waals surface area contributed by atoms with Crippen LogP contribution in [0, 0.1) is 0 Å². The van der Waals surface area contributed by atoms with Crippen LogP contribution >= 0.6 is 27.5 Å². The zero-order valence-electron chi connectivity index (χ0n) is 11.3. The van der Waals surface area contributed by atoms with E-state index in [1.165, 1.54) is 0 Å². The number of amides is 1. The molecule has 1 aliphatic heterocycles. The molecule has 6 heteroatoms. The lowest BCUT2D eigenvalue weighted by molar-refractivity contribution is -0.118. The van der Waals surface area contributed by atoms with Gasteiger partial charge in [0.1, 0.15) is 10.6 Å². The van der Waals surface area contributed by atoms with E-state index in [1.54, 1.807) is 30.3 Å². The molecule has 3 rings (SSSR count). The molecule has 2 aromatic carbocycles. The van der Waals surface area contributed by atoms with Crippen molar-refractivity contribution in [2.75, 3.05) is 11.9 Å². The largest absolute Gasteiger partial charge is 0.482 e. The summed E-state index contributed by atoms with van der Waals surface area (Å²) in [5.41, 5.74) is 1.67. The third-order valence-electron chi connectivity index (χ3n) is 3.31. The fourth-order valence-corrected chi connectivity index (χ4v) is 3.24. The van der Waals surface area contributed by atoms with Gasteiger partial charge in [-0.3, -0.25) is 9.59 Å². The summed E-state index contributed by atoms with van der Waals surface area (Å²) in [5, 5.41) is 3.21. The maximum Gasteiger partial charge on any atom is 0.262 e. The van der Waals surface area contributed by atoms with Gasteiger partial charge in [0.25, 0.3) is 5.91 Å². The lowest BCUT2D eigenvalue weighted by Crippen LogP contribution is -2.25.